The number of hydrogen-bond donors (Lipinski definition) is 1. The van der Waals surface area contributed by atoms with Gasteiger partial charge in [0.15, 0.2) is 0 Å². The lowest BCUT2D eigenvalue weighted by molar-refractivity contribution is 0.0682. The van der Waals surface area contributed by atoms with Crippen LogP contribution in [0.5, 0.6) is 0 Å². The largest absolute Gasteiger partial charge is 0.337 e. The Bertz CT molecular complexity index is 581. The molecule has 0 aliphatic carbocycles. The molecular formula is C16H22N4O. The lowest BCUT2D eigenvalue weighted by Crippen LogP contribution is -2.39. The Kier molecular flexibility index (Phi) is 4.20. The van der Waals surface area contributed by atoms with Gasteiger partial charge in [-0.3, -0.25) is 4.79 Å². The van der Waals surface area contributed by atoms with E-state index >= 15 is 0 Å². The zero-order valence-corrected chi connectivity index (χ0v) is 12.5. The minimum Gasteiger partial charge on any atom is -0.337 e. The molecule has 1 amide bonds. The standard InChI is InChI=1S/C16H22N4O/c1-17-8-5-13-6-10-19(11-7-13)16(21)14-12-20-9-3-2-4-15(20)18-14/h2-4,9,12-13,17H,5-8,10-11H2,1H3. The van der Waals surface area contributed by atoms with Gasteiger partial charge in [0, 0.05) is 25.5 Å². The van der Waals surface area contributed by atoms with Crippen molar-refractivity contribution in [3.63, 3.8) is 0 Å². The topological polar surface area (TPSA) is 49.6 Å². The molecule has 3 heterocycles. The third-order valence-electron chi connectivity index (χ3n) is 4.29. The number of carbonyl (C=O) groups is 1. The number of piperidine rings is 1. The number of imidazole rings is 1. The normalized spacial score (nSPS) is 16.5. The molecule has 1 aliphatic heterocycles. The van der Waals surface area contributed by atoms with E-state index in [2.05, 4.69) is 10.3 Å². The van der Waals surface area contributed by atoms with E-state index < -0.39 is 0 Å². The number of hydrogen-bond acceptors (Lipinski definition) is 3. The summed E-state index contributed by atoms with van der Waals surface area (Å²) in [6.45, 7) is 2.76. The zero-order chi connectivity index (χ0) is 14.7. The van der Waals surface area contributed by atoms with Crippen LogP contribution in [-0.4, -0.2) is 46.9 Å². The minimum absolute atomic E-state index is 0.0609. The maximum atomic E-state index is 12.5. The summed E-state index contributed by atoms with van der Waals surface area (Å²) >= 11 is 0. The van der Waals surface area contributed by atoms with E-state index in [0.29, 0.717) is 5.69 Å². The van der Waals surface area contributed by atoms with Crippen molar-refractivity contribution >= 4 is 11.6 Å². The molecule has 112 valence electrons. The highest BCUT2D eigenvalue weighted by Gasteiger charge is 2.24. The molecule has 0 bridgehead atoms. The Balaban J connectivity index is 1.63. The van der Waals surface area contributed by atoms with Crippen LogP contribution < -0.4 is 5.32 Å². The zero-order valence-electron chi connectivity index (χ0n) is 12.5. The van der Waals surface area contributed by atoms with Crippen LogP contribution in [0.3, 0.4) is 0 Å². The van der Waals surface area contributed by atoms with Crippen molar-refractivity contribution in [2.24, 2.45) is 5.92 Å². The first-order valence-electron chi connectivity index (χ1n) is 7.65. The minimum atomic E-state index is 0.0609. The SMILES string of the molecule is CNCCC1CCN(C(=O)c2cn3ccccc3n2)CC1. The third-order valence-corrected chi connectivity index (χ3v) is 4.29. The average Bonchev–Trinajstić information content (AvgIpc) is 2.96. The van der Waals surface area contributed by atoms with Crippen LogP contribution in [0.1, 0.15) is 29.8 Å². The fraction of sp³-hybridized carbons (Fsp3) is 0.500. The molecule has 1 aliphatic rings. The van der Waals surface area contributed by atoms with E-state index in [-0.39, 0.29) is 5.91 Å². The fourth-order valence-corrected chi connectivity index (χ4v) is 2.97. The quantitative estimate of drug-likeness (QED) is 0.932. The molecular weight excluding hydrogens is 264 g/mol. The van der Waals surface area contributed by atoms with Crippen LogP contribution in [0.15, 0.2) is 30.6 Å². The number of aromatic nitrogens is 2. The van der Waals surface area contributed by atoms with Crippen molar-refractivity contribution in [1.29, 1.82) is 0 Å². The number of nitrogens with one attached hydrogen (secondary N) is 1. The number of carbonyl (C=O) groups excluding carboxylic acids is 1. The Morgan fingerprint density at radius 1 is 1.38 bits per heavy atom. The highest BCUT2D eigenvalue weighted by molar-refractivity contribution is 5.93. The number of amides is 1. The van der Waals surface area contributed by atoms with Gasteiger partial charge < -0.3 is 14.6 Å². The molecule has 0 spiro atoms. The van der Waals surface area contributed by atoms with Gasteiger partial charge in [-0.25, -0.2) is 4.98 Å². The van der Waals surface area contributed by atoms with Gasteiger partial charge in [0.2, 0.25) is 0 Å². The Labute approximate surface area is 125 Å². The molecule has 21 heavy (non-hydrogen) atoms. The number of rotatable bonds is 4. The molecule has 0 radical (unpaired) electrons. The summed E-state index contributed by atoms with van der Waals surface area (Å²) in [5.41, 5.74) is 1.37. The highest BCUT2D eigenvalue weighted by Crippen LogP contribution is 2.21. The summed E-state index contributed by atoms with van der Waals surface area (Å²) in [4.78, 5) is 18.9. The summed E-state index contributed by atoms with van der Waals surface area (Å²) < 4.78 is 1.90. The second kappa shape index (κ2) is 6.26. The summed E-state index contributed by atoms with van der Waals surface area (Å²) in [6.07, 6.45) is 7.14. The molecule has 2 aromatic heterocycles. The summed E-state index contributed by atoms with van der Waals surface area (Å²) in [5.74, 6) is 0.799. The van der Waals surface area contributed by atoms with Gasteiger partial charge in [0.1, 0.15) is 11.3 Å². The smallest absolute Gasteiger partial charge is 0.274 e. The van der Waals surface area contributed by atoms with Crippen molar-refractivity contribution in [2.45, 2.75) is 19.3 Å². The molecule has 0 atom stereocenters. The lowest BCUT2D eigenvalue weighted by atomic mass is 9.93. The molecule has 0 saturated carbocycles. The second-order valence-corrected chi connectivity index (χ2v) is 5.72. The molecule has 5 heteroatoms. The van der Waals surface area contributed by atoms with Crippen molar-refractivity contribution in [3.05, 3.63) is 36.3 Å². The van der Waals surface area contributed by atoms with Crippen LogP contribution >= 0.6 is 0 Å². The van der Waals surface area contributed by atoms with Crippen molar-refractivity contribution < 1.29 is 4.79 Å². The predicted molar refractivity (Wildman–Crippen MR) is 82.4 cm³/mol. The molecule has 1 saturated heterocycles. The van der Waals surface area contributed by atoms with Gasteiger partial charge in [-0.15, -0.1) is 0 Å². The van der Waals surface area contributed by atoms with Gasteiger partial charge in [0.25, 0.3) is 5.91 Å². The molecule has 1 fully saturated rings. The molecule has 5 nitrogen and oxygen atoms in total. The van der Waals surface area contributed by atoms with E-state index in [1.54, 1.807) is 0 Å². The predicted octanol–water partition coefficient (Wildman–Crippen LogP) is 1.80. The van der Waals surface area contributed by atoms with Crippen LogP contribution in [0.4, 0.5) is 0 Å². The maximum absolute atomic E-state index is 12.5. The van der Waals surface area contributed by atoms with Crippen LogP contribution in [0.2, 0.25) is 0 Å². The van der Waals surface area contributed by atoms with Crippen LogP contribution in [0, 0.1) is 5.92 Å². The van der Waals surface area contributed by atoms with Crippen molar-refractivity contribution in [2.75, 3.05) is 26.7 Å². The van der Waals surface area contributed by atoms with E-state index in [0.717, 1.165) is 44.0 Å². The summed E-state index contributed by atoms with van der Waals surface area (Å²) in [5, 5.41) is 3.20. The average molecular weight is 286 g/mol. The second-order valence-electron chi connectivity index (χ2n) is 5.72. The van der Waals surface area contributed by atoms with Gasteiger partial charge in [0.05, 0.1) is 0 Å². The first kappa shape index (κ1) is 14.1. The molecule has 1 N–H and O–H groups in total. The fourth-order valence-electron chi connectivity index (χ4n) is 2.97. The Morgan fingerprint density at radius 3 is 2.90 bits per heavy atom. The first-order chi connectivity index (χ1) is 10.3. The first-order valence-corrected chi connectivity index (χ1v) is 7.65. The van der Waals surface area contributed by atoms with E-state index in [1.807, 2.05) is 46.9 Å². The molecule has 2 aromatic rings. The van der Waals surface area contributed by atoms with E-state index in [4.69, 9.17) is 0 Å². The summed E-state index contributed by atoms with van der Waals surface area (Å²) in [7, 11) is 1.99. The lowest BCUT2D eigenvalue weighted by Gasteiger charge is -2.31. The van der Waals surface area contributed by atoms with Crippen molar-refractivity contribution in [1.82, 2.24) is 19.6 Å². The Morgan fingerprint density at radius 2 is 2.19 bits per heavy atom. The summed E-state index contributed by atoms with van der Waals surface area (Å²) in [6, 6.07) is 5.79. The van der Waals surface area contributed by atoms with E-state index in [1.165, 1.54) is 6.42 Å². The number of nitrogens with zero attached hydrogens (tertiary/aromatic N) is 3. The Hall–Kier alpha value is -1.88. The highest BCUT2D eigenvalue weighted by atomic mass is 16.2. The number of likely N-dealkylation sites (tertiary alicyclic amines) is 1. The van der Waals surface area contributed by atoms with Gasteiger partial charge in [-0.05, 0) is 50.9 Å². The van der Waals surface area contributed by atoms with Gasteiger partial charge in [-0.2, -0.15) is 0 Å². The van der Waals surface area contributed by atoms with Crippen LogP contribution in [-0.2, 0) is 0 Å². The van der Waals surface area contributed by atoms with Gasteiger partial charge >= 0.3 is 0 Å². The molecule has 0 aromatic carbocycles. The van der Waals surface area contributed by atoms with Gasteiger partial charge in [-0.1, -0.05) is 6.07 Å². The van der Waals surface area contributed by atoms with E-state index in [9.17, 15) is 4.79 Å². The number of fused-ring (bicyclic) bond motifs is 1. The molecule has 3 rings (SSSR count). The monoisotopic (exact) mass is 286 g/mol. The number of pyridine rings is 1. The molecule has 0 unspecified atom stereocenters. The maximum Gasteiger partial charge on any atom is 0.274 e. The van der Waals surface area contributed by atoms with Crippen molar-refractivity contribution in [3.8, 4) is 0 Å². The van der Waals surface area contributed by atoms with Crippen LogP contribution in [0.25, 0.3) is 5.65 Å². The third kappa shape index (κ3) is 3.08.